The summed E-state index contributed by atoms with van der Waals surface area (Å²) in [5.74, 6) is 0.741. The Hall–Kier alpha value is -3.16. The Kier molecular flexibility index (Phi) is 5.88. The molecule has 0 saturated heterocycles. The minimum absolute atomic E-state index is 0.0907. The molecule has 0 aliphatic heterocycles. The molecule has 0 bridgehead atoms. The molecule has 6 nitrogen and oxygen atoms in total. The Morgan fingerprint density at radius 3 is 2.83 bits per heavy atom. The number of aromatic amines is 1. The van der Waals surface area contributed by atoms with Crippen LogP contribution in [-0.4, -0.2) is 47.5 Å². The molecule has 7 heteroatoms. The Labute approximate surface area is 173 Å². The molecule has 0 spiro atoms. The van der Waals surface area contributed by atoms with Crippen LogP contribution in [-0.2, 0) is 4.79 Å². The number of carbonyl (C=O) groups excluding carboxylic acids is 1. The van der Waals surface area contributed by atoms with Crippen LogP contribution < -0.4 is 10.1 Å². The van der Waals surface area contributed by atoms with Crippen LogP contribution in [0.2, 0.25) is 0 Å². The van der Waals surface area contributed by atoms with Crippen molar-refractivity contribution in [3.8, 4) is 17.0 Å². The van der Waals surface area contributed by atoms with E-state index in [2.05, 4.69) is 21.4 Å². The molecule has 2 aromatic heterocycles. The van der Waals surface area contributed by atoms with Crippen molar-refractivity contribution in [1.82, 2.24) is 14.9 Å². The van der Waals surface area contributed by atoms with Gasteiger partial charge in [-0.15, -0.1) is 11.3 Å². The number of para-hydroxylation sites is 2. The molecule has 0 saturated carbocycles. The van der Waals surface area contributed by atoms with Crippen molar-refractivity contribution < 1.29 is 9.53 Å². The largest absolute Gasteiger partial charge is 0.492 e. The molecule has 148 valence electrons. The summed E-state index contributed by atoms with van der Waals surface area (Å²) >= 11 is 1.43. The number of likely N-dealkylation sites (N-methyl/N-ethyl adjacent to an activating group) is 1. The monoisotopic (exact) mass is 406 g/mol. The first kappa shape index (κ1) is 19.2. The molecular weight excluding hydrogens is 384 g/mol. The number of amides is 1. The topological polar surface area (TPSA) is 70.2 Å². The third-order valence-electron chi connectivity index (χ3n) is 4.51. The van der Waals surface area contributed by atoms with Gasteiger partial charge in [0, 0.05) is 34.6 Å². The fourth-order valence-electron chi connectivity index (χ4n) is 3.06. The van der Waals surface area contributed by atoms with Gasteiger partial charge in [-0.2, -0.15) is 0 Å². The number of carbonyl (C=O) groups is 1. The molecule has 0 unspecified atom stereocenters. The van der Waals surface area contributed by atoms with E-state index in [1.165, 1.54) is 11.3 Å². The lowest BCUT2D eigenvalue weighted by molar-refractivity contribution is -0.117. The highest BCUT2D eigenvalue weighted by molar-refractivity contribution is 7.14. The van der Waals surface area contributed by atoms with Crippen LogP contribution in [0.4, 0.5) is 5.13 Å². The number of fused-ring (bicyclic) bond motifs is 1. The van der Waals surface area contributed by atoms with Crippen molar-refractivity contribution in [1.29, 1.82) is 0 Å². The summed E-state index contributed by atoms with van der Waals surface area (Å²) < 4.78 is 5.67. The number of ether oxygens (including phenoxy) is 1. The minimum atomic E-state index is -0.0907. The average molecular weight is 407 g/mol. The van der Waals surface area contributed by atoms with Crippen LogP contribution in [0.1, 0.15) is 0 Å². The van der Waals surface area contributed by atoms with E-state index in [1.54, 1.807) is 0 Å². The number of hydrogen-bond donors (Lipinski definition) is 2. The highest BCUT2D eigenvalue weighted by atomic mass is 32.1. The van der Waals surface area contributed by atoms with Crippen molar-refractivity contribution in [2.24, 2.45) is 0 Å². The van der Waals surface area contributed by atoms with E-state index in [1.807, 2.05) is 72.1 Å². The Balaban J connectivity index is 1.29. The maximum Gasteiger partial charge on any atom is 0.240 e. The minimum Gasteiger partial charge on any atom is -0.492 e. The van der Waals surface area contributed by atoms with Gasteiger partial charge >= 0.3 is 0 Å². The number of nitrogens with one attached hydrogen (secondary N) is 2. The zero-order valence-corrected chi connectivity index (χ0v) is 16.9. The molecular formula is C22H22N4O2S. The second kappa shape index (κ2) is 8.89. The van der Waals surface area contributed by atoms with Crippen molar-refractivity contribution in [3.05, 3.63) is 66.2 Å². The Morgan fingerprint density at radius 1 is 1.17 bits per heavy atom. The third-order valence-corrected chi connectivity index (χ3v) is 5.27. The number of anilines is 1. The van der Waals surface area contributed by atoms with Gasteiger partial charge in [0.1, 0.15) is 12.4 Å². The lowest BCUT2D eigenvalue weighted by Crippen LogP contribution is -2.33. The second-order valence-corrected chi connectivity index (χ2v) is 7.59. The van der Waals surface area contributed by atoms with Gasteiger partial charge in [0.25, 0.3) is 0 Å². The van der Waals surface area contributed by atoms with Crippen molar-refractivity contribution in [2.45, 2.75) is 0 Å². The summed E-state index contributed by atoms with van der Waals surface area (Å²) in [5, 5.41) is 6.57. The van der Waals surface area contributed by atoms with Crippen LogP contribution in [0.5, 0.6) is 5.75 Å². The van der Waals surface area contributed by atoms with Gasteiger partial charge in [-0.3, -0.25) is 9.69 Å². The predicted molar refractivity (Wildman–Crippen MR) is 117 cm³/mol. The van der Waals surface area contributed by atoms with Crippen LogP contribution >= 0.6 is 11.3 Å². The number of rotatable bonds is 8. The molecule has 2 aromatic carbocycles. The van der Waals surface area contributed by atoms with Crippen LogP contribution in [0.15, 0.2) is 66.2 Å². The molecule has 29 heavy (non-hydrogen) atoms. The van der Waals surface area contributed by atoms with Gasteiger partial charge in [0.2, 0.25) is 5.91 Å². The lowest BCUT2D eigenvalue weighted by Gasteiger charge is -2.16. The molecule has 0 atom stereocenters. The van der Waals surface area contributed by atoms with Gasteiger partial charge < -0.3 is 15.0 Å². The summed E-state index contributed by atoms with van der Waals surface area (Å²) in [5.41, 5.74) is 2.96. The Bertz CT molecular complexity index is 1090. The first-order valence-electron chi connectivity index (χ1n) is 9.37. The van der Waals surface area contributed by atoms with Gasteiger partial charge in [0.15, 0.2) is 5.13 Å². The summed E-state index contributed by atoms with van der Waals surface area (Å²) in [6, 6.07) is 17.8. The van der Waals surface area contributed by atoms with Crippen molar-refractivity contribution >= 4 is 33.3 Å². The number of hydrogen-bond acceptors (Lipinski definition) is 5. The summed E-state index contributed by atoms with van der Waals surface area (Å²) in [6.45, 7) is 1.46. The van der Waals surface area contributed by atoms with Gasteiger partial charge in [-0.1, -0.05) is 36.4 Å². The highest BCUT2D eigenvalue weighted by Crippen LogP contribution is 2.30. The second-order valence-electron chi connectivity index (χ2n) is 6.73. The first-order valence-corrected chi connectivity index (χ1v) is 10.3. The van der Waals surface area contributed by atoms with E-state index >= 15 is 0 Å². The number of nitrogens with zero attached hydrogens (tertiary/aromatic N) is 2. The standard InChI is InChI=1S/C22H22N4O2S/c1-26(11-12-28-16-7-3-2-4-8-16)14-21(27)25-22-24-20(15-29-22)18-13-23-19-10-6-5-9-17(18)19/h2-10,13,15,23H,11-12,14H2,1H3,(H,24,25,27). The molecule has 1 amide bonds. The number of benzene rings is 2. The molecule has 2 N–H and O–H groups in total. The van der Waals surface area contributed by atoms with Gasteiger partial charge in [0.05, 0.1) is 12.2 Å². The number of H-pyrrole nitrogens is 1. The van der Waals surface area contributed by atoms with E-state index in [4.69, 9.17) is 4.74 Å². The average Bonchev–Trinajstić information content (AvgIpc) is 3.35. The number of aromatic nitrogens is 2. The van der Waals surface area contributed by atoms with Crippen molar-refractivity contribution in [2.75, 3.05) is 32.1 Å². The SMILES string of the molecule is CN(CCOc1ccccc1)CC(=O)Nc1nc(-c2c[nH]c3ccccc23)cs1. The van der Waals surface area contributed by atoms with Crippen LogP contribution in [0.25, 0.3) is 22.2 Å². The van der Waals surface area contributed by atoms with E-state index in [0.717, 1.165) is 27.9 Å². The van der Waals surface area contributed by atoms with Crippen molar-refractivity contribution in [3.63, 3.8) is 0 Å². The summed E-state index contributed by atoms with van der Waals surface area (Å²) in [7, 11) is 1.90. The smallest absolute Gasteiger partial charge is 0.240 e. The molecule has 2 heterocycles. The fraction of sp³-hybridized carbons (Fsp3) is 0.182. The summed E-state index contributed by atoms with van der Waals surface area (Å²) in [6.07, 6.45) is 1.95. The zero-order valence-electron chi connectivity index (χ0n) is 16.1. The molecule has 0 fully saturated rings. The highest BCUT2D eigenvalue weighted by Gasteiger charge is 2.12. The van der Waals surface area contributed by atoms with Gasteiger partial charge in [-0.05, 0) is 25.2 Å². The lowest BCUT2D eigenvalue weighted by atomic mass is 10.1. The maximum atomic E-state index is 12.3. The van der Waals surface area contributed by atoms with Crippen LogP contribution in [0, 0.1) is 0 Å². The molecule has 4 rings (SSSR count). The molecule has 0 aliphatic carbocycles. The van der Waals surface area contributed by atoms with E-state index in [9.17, 15) is 4.79 Å². The normalized spacial score (nSPS) is 11.1. The van der Waals surface area contributed by atoms with E-state index < -0.39 is 0 Å². The third kappa shape index (κ3) is 4.82. The molecule has 0 radical (unpaired) electrons. The predicted octanol–water partition coefficient (Wildman–Crippen LogP) is 4.24. The zero-order chi connectivity index (χ0) is 20.1. The fourth-order valence-corrected chi connectivity index (χ4v) is 3.78. The first-order chi connectivity index (χ1) is 14.2. The van der Waals surface area contributed by atoms with Crippen LogP contribution in [0.3, 0.4) is 0 Å². The summed E-state index contributed by atoms with van der Waals surface area (Å²) in [4.78, 5) is 22.1. The molecule has 0 aliphatic rings. The van der Waals surface area contributed by atoms with E-state index in [0.29, 0.717) is 18.3 Å². The van der Waals surface area contributed by atoms with E-state index in [-0.39, 0.29) is 12.5 Å². The number of thiazole rings is 1. The maximum absolute atomic E-state index is 12.3. The quantitative estimate of drug-likeness (QED) is 0.459. The molecule has 4 aromatic rings. The van der Waals surface area contributed by atoms with Gasteiger partial charge in [-0.25, -0.2) is 4.98 Å². The Morgan fingerprint density at radius 2 is 1.97 bits per heavy atom.